The van der Waals surface area contributed by atoms with Crippen molar-refractivity contribution in [3.05, 3.63) is 64.7 Å². The number of benzene rings is 2. The lowest BCUT2D eigenvalue weighted by atomic mass is 10.1. The Kier molecular flexibility index (Phi) is 7.00. The van der Waals surface area contributed by atoms with Gasteiger partial charge in [0.25, 0.3) is 5.85 Å². The minimum atomic E-state index is -5.24. The summed E-state index contributed by atoms with van der Waals surface area (Å²) in [6.45, 7) is 1.62. The number of rotatable bonds is 7. The third-order valence-electron chi connectivity index (χ3n) is 5.25. The number of hydrogen-bond acceptors (Lipinski definition) is 5. The number of ether oxygens (including phenoxy) is 2. The van der Waals surface area contributed by atoms with Crippen LogP contribution in [-0.2, 0) is 26.6 Å². The highest BCUT2D eigenvalue weighted by atomic mass is 35.5. The summed E-state index contributed by atoms with van der Waals surface area (Å²) in [5, 5.41) is 0.232. The number of alkyl halides is 3. The van der Waals surface area contributed by atoms with Gasteiger partial charge in [-0.2, -0.15) is 13.2 Å². The minimum Gasteiger partial charge on any atom is -0.497 e. The number of amides is 1. The van der Waals surface area contributed by atoms with Crippen LogP contribution in [0.2, 0.25) is 5.02 Å². The number of halogens is 4. The van der Waals surface area contributed by atoms with E-state index in [1.54, 1.807) is 37.3 Å². The van der Waals surface area contributed by atoms with Crippen LogP contribution in [0.3, 0.4) is 0 Å². The molecule has 2 aromatic carbocycles. The summed E-state index contributed by atoms with van der Waals surface area (Å²) in [6, 6.07) is 13.0. The summed E-state index contributed by atoms with van der Waals surface area (Å²) in [6.07, 6.45) is -4.92. The highest BCUT2D eigenvalue weighted by Gasteiger charge is 2.58. The van der Waals surface area contributed by atoms with Gasteiger partial charge in [-0.25, -0.2) is 9.69 Å². The fraction of sp³-hybridized carbons (Fsp3) is 0.364. The molecule has 1 aliphatic heterocycles. The summed E-state index contributed by atoms with van der Waals surface area (Å²) in [4.78, 5) is 27.5. The van der Waals surface area contributed by atoms with Crippen LogP contribution in [0.4, 0.5) is 13.2 Å². The first kappa shape index (κ1) is 23.9. The van der Waals surface area contributed by atoms with E-state index < -0.39 is 23.9 Å². The lowest BCUT2D eigenvalue weighted by Crippen LogP contribution is -2.56. The van der Waals surface area contributed by atoms with Crippen LogP contribution in [0.5, 0.6) is 5.75 Å². The number of likely N-dealkylation sites (N-methyl/N-ethyl adjacent to an activating group) is 1. The van der Waals surface area contributed by atoms with Crippen molar-refractivity contribution in [2.45, 2.75) is 25.4 Å². The summed E-state index contributed by atoms with van der Waals surface area (Å²) in [5.41, 5.74) is 0.987. The smallest absolute Gasteiger partial charge is 0.491 e. The fourth-order valence-electron chi connectivity index (χ4n) is 3.73. The topological polar surface area (TPSA) is 59.1 Å². The molecular weight excluding hydrogens is 449 g/mol. The van der Waals surface area contributed by atoms with E-state index >= 15 is 0 Å². The van der Waals surface area contributed by atoms with Gasteiger partial charge in [0, 0.05) is 23.7 Å². The van der Waals surface area contributed by atoms with Gasteiger partial charge in [0.2, 0.25) is 5.91 Å². The maximum absolute atomic E-state index is 13.2. The molecule has 2 aromatic rings. The van der Waals surface area contributed by atoms with Gasteiger partial charge in [-0.1, -0.05) is 42.8 Å². The van der Waals surface area contributed by atoms with Crippen molar-refractivity contribution in [1.29, 1.82) is 0 Å². The van der Waals surface area contributed by atoms with Crippen molar-refractivity contribution in [1.82, 2.24) is 9.80 Å². The van der Waals surface area contributed by atoms with Gasteiger partial charge in [0.15, 0.2) is 0 Å². The van der Waals surface area contributed by atoms with Gasteiger partial charge < -0.3 is 9.47 Å². The average molecular weight is 471 g/mol. The molecular formula is C22H22ClF3N2O4. The van der Waals surface area contributed by atoms with E-state index in [4.69, 9.17) is 21.1 Å². The van der Waals surface area contributed by atoms with E-state index in [1.165, 1.54) is 30.2 Å². The van der Waals surface area contributed by atoms with Crippen molar-refractivity contribution < 1.29 is 32.2 Å². The Morgan fingerprint density at radius 1 is 1.19 bits per heavy atom. The summed E-state index contributed by atoms with van der Waals surface area (Å²) >= 11 is 6.09. The van der Waals surface area contributed by atoms with Gasteiger partial charge in [-0.05, 0) is 36.2 Å². The molecule has 1 aliphatic rings. The molecule has 1 heterocycles. The van der Waals surface area contributed by atoms with Crippen LogP contribution >= 0.6 is 11.6 Å². The number of carbonyl (C=O) groups excluding carboxylic acids is 2. The van der Waals surface area contributed by atoms with Crippen LogP contribution in [0, 0.1) is 0 Å². The largest absolute Gasteiger partial charge is 0.497 e. The second kappa shape index (κ2) is 9.38. The molecule has 1 saturated heterocycles. The lowest BCUT2D eigenvalue weighted by Gasteiger charge is -2.42. The van der Waals surface area contributed by atoms with Crippen molar-refractivity contribution in [2.24, 2.45) is 0 Å². The third-order valence-corrected chi connectivity index (χ3v) is 5.49. The first-order valence-corrected chi connectivity index (χ1v) is 10.2. The minimum absolute atomic E-state index is 0.0132. The maximum atomic E-state index is 13.2. The zero-order valence-electron chi connectivity index (χ0n) is 17.5. The number of methoxy groups -OCH3 is 1. The first-order chi connectivity index (χ1) is 15.1. The highest BCUT2D eigenvalue weighted by Crippen LogP contribution is 2.41. The number of hydrogen-bond donors (Lipinski definition) is 0. The first-order valence-electron chi connectivity index (χ1n) is 9.86. The molecule has 0 N–H and O–H groups in total. The van der Waals surface area contributed by atoms with Gasteiger partial charge in [-0.15, -0.1) is 0 Å². The van der Waals surface area contributed by atoms with Gasteiger partial charge in [0.1, 0.15) is 5.75 Å². The Labute approximate surface area is 188 Å². The lowest BCUT2D eigenvalue weighted by molar-refractivity contribution is -0.255. The SMILES string of the molecule is CCN1CC(=O)N(CCc2ccc(OC)cc2)C1(OC(=O)C(F)(F)F)c1cccc(Cl)c1. The van der Waals surface area contributed by atoms with Crippen LogP contribution in [-0.4, -0.2) is 54.6 Å². The molecule has 1 atom stereocenters. The molecule has 6 nitrogen and oxygen atoms in total. The van der Waals surface area contributed by atoms with Crippen molar-refractivity contribution >= 4 is 23.5 Å². The summed E-state index contributed by atoms with van der Waals surface area (Å²) < 4.78 is 49.9. The number of carbonyl (C=O) groups is 2. The predicted octanol–water partition coefficient (Wildman–Crippen LogP) is 3.97. The molecule has 0 saturated carbocycles. The quantitative estimate of drug-likeness (QED) is 0.573. The third kappa shape index (κ3) is 4.68. The van der Waals surface area contributed by atoms with E-state index in [2.05, 4.69) is 0 Å². The van der Waals surface area contributed by atoms with Crippen LogP contribution < -0.4 is 4.74 Å². The molecule has 1 amide bonds. The Bertz CT molecular complexity index is 984. The fourth-order valence-corrected chi connectivity index (χ4v) is 3.92. The number of nitrogens with zero attached hydrogens (tertiary/aromatic N) is 2. The Morgan fingerprint density at radius 3 is 2.44 bits per heavy atom. The van der Waals surface area contributed by atoms with Crippen molar-refractivity contribution in [2.75, 3.05) is 26.7 Å². The van der Waals surface area contributed by atoms with E-state index in [1.807, 2.05) is 0 Å². The second-order valence-electron chi connectivity index (χ2n) is 7.16. The zero-order valence-corrected chi connectivity index (χ0v) is 18.2. The molecule has 0 spiro atoms. The second-order valence-corrected chi connectivity index (χ2v) is 7.60. The zero-order chi connectivity index (χ0) is 23.5. The standard InChI is InChI=1S/C22H22ClF3N2O4/c1-3-27-14-19(29)28(12-11-15-7-9-18(31-2)10-8-15)22(27,32-20(30)21(24,25)26)16-5-4-6-17(23)13-16/h4-10,13H,3,11-12,14H2,1-2H3. The Morgan fingerprint density at radius 2 is 1.88 bits per heavy atom. The van der Waals surface area contributed by atoms with Gasteiger partial charge >= 0.3 is 12.1 Å². The molecule has 3 rings (SSSR count). The monoisotopic (exact) mass is 470 g/mol. The molecule has 0 aromatic heterocycles. The molecule has 10 heteroatoms. The Hall–Kier alpha value is -2.78. The Balaban J connectivity index is 2.03. The molecule has 32 heavy (non-hydrogen) atoms. The molecule has 0 radical (unpaired) electrons. The predicted molar refractivity (Wildman–Crippen MR) is 111 cm³/mol. The van der Waals surface area contributed by atoms with Gasteiger partial charge in [0.05, 0.1) is 13.7 Å². The summed E-state index contributed by atoms with van der Waals surface area (Å²) in [7, 11) is 1.53. The van der Waals surface area contributed by atoms with E-state index in [9.17, 15) is 22.8 Å². The van der Waals surface area contributed by atoms with E-state index in [-0.39, 0.29) is 30.2 Å². The normalized spacial score (nSPS) is 19.3. The number of esters is 1. The molecule has 0 bridgehead atoms. The molecule has 172 valence electrons. The highest BCUT2D eigenvalue weighted by molar-refractivity contribution is 6.30. The van der Waals surface area contributed by atoms with Crippen LogP contribution in [0.25, 0.3) is 0 Å². The molecule has 1 unspecified atom stereocenters. The van der Waals surface area contributed by atoms with E-state index in [0.717, 1.165) is 10.5 Å². The molecule has 0 aliphatic carbocycles. The van der Waals surface area contributed by atoms with Crippen molar-refractivity contribution in [3.8, 4) is 5.75 Å². The maximum Gasteiger partial charge on any atom is 0.491 e. The van der Waals surface area contributed by atoms with Crippen LogP contribution in [0.1, 0.15) is 18.1 Å². The van der Waals surface area contributed by atoms with E-state index in [0.29, 0.717) is 12.2 Å². The van der Waals surface area contributed by atoms with Crippen molar-refractivity contribution in [3.63, 3.8) is 0 Å². The van der Waals surface area contributed by atoms with Gasteiger partial charge in [-0.3, -0.25) is 9.69 Å². The summed E-state index contributed by atoms with van der Waals surface area (Å²) in [5.74, 6) is -4.28. The molecule has 1 fully saturated rings. The van der Waals surface area contributed by atoms with Crippen LogP contribution in [0.15, 0.2) is 48.5 Å². The average Bonchev–Trinajstić information content (AvgIpc) is 3.03.